The molecule has 114 valence electrons. The number of alkyl halides is 10. The minimum atomic E-state index is -6.15. The van der Waals surface area contributed by atoms with Gasteiger partial charge in [0.15, 0.2) is 0 Å². The Hall–Kier alpha value is -1.27. The maximum atomic E-state index is 12.1. The van der Waals surface area contributed by atoms with E-state index >= 15 is 0 Å². The normalized spacial score (nSPS) is 14.1. The van der Waals surface area contributed by atoms with Crippen LogP contribution >= 0.6 is 0 Å². The van der Waals surface area contributed by atoms with Gasteiger partial charge in [0.25, 0.3) is 6.10 Å². The molecule has 0 aromatic carbocycles. The van der Waals surface area contributed by atoms with Crippen molar-refractivity contribution in [3.8, 4) is 0 Å². The zero-order valence-electron chi connectivity index (χ0n) is 8.16. The SMILES string of the molecule is O=C(OOC(C(F)(F)F)C(F)(F)F)C(F)(F)C(F)F. The van der Waals surface area contributed by atoms with Crippen molar-refractivity contribution < 1.29 is 58.5 Å². The predicted octanol–water partition coefficient (Wildman–Crippen LogP) is 2.85. The Morgan fingerprint density at radius 1 is 0.842 bits per heavy atom. The third-order valence-corrected chi connectivity index (χ3v) is 1.36. The van der Waals surface area contributed by atoms with Gasteiger partial charge in [-0.2, -0.15) is 40.0 Å². The molecule has 0 unspecified atom stereocenters. The highest BCUT2D eigenvalue weighted by molar-refractivity contribution is 5.77. The number of rotatable bonds is 4. The highest BCUT2D eigenvalue weighted by Gasteiger charge is 2.61. The van der Waals surface area contributed by atoms with Crippen LogP contribution in [0.5, 0.6) is 0 Å². The van der Waals surface area contributed by atoms with Crippen molar-refractivity contribution in [3.05, 3.63) is 0 Å². The van der Waals surface area contributed by atoms with Gasteiger partial charge < -0.3 is 0 Å². The predicted molar refractivity (Wildman–Crippen MR) is 34.0 cm³/mol. The lowest BCUT2D eigenvalue weighted by Crippen LogP contribution is -2.46. The lowest BCUT2D eigenvalue weighted by Gasteiger charge is -2.22. The minimum absolute atomic E-state index is 2.46. The van der Waals surface area contributed by atoms with E-state index in [1.807, 2.05) is 0 Å². The van der Waals surface area contributed by atoms with Gasteiger partial charge in [-0.1, -0.05) is 0 Å². The van der Waals surface area contributed by atoms with E-state index < -0.39 is 36.8 Å². The second-order valence-electron chi connectivity index (χ2n) is 2.85. The summed E-state index contributed by atoms with van der Waals surface area (Å²) in [7, 11) is 0. The molecule has 0 aromatic rings. The summed E-state index contributed by atoms with van der Waals surface area (Å²) in [5, 5.41) is 0. The summed E-state index contributed by atoms with van der Waals surface area (Å²) >= 11 is 0. The Morgan fingerprint density at radius 3 is 1.47 bits per heavy atom. The topological polar surface area (TPSA) is 35.5 Å². The van der Waals surface area contributed by atoms with E-state index in [2.05, 4.69) is 9.78 Å². The minimum Gasteiger partial charge on any atom is -0.290 e. The molecule has 0 rings (SSSR count). The molecule has 0 saturated carbocycles. The van der Waals surface area contributed by atoms with Gasteiger partial charge in [-0.15, -0.1) is 0 Å². The van der Waals surface area contributed by atoms with Gasteiger partial charge in [0.2, 0.25) is 0 Å². The van der Waals surface area contributed by atoms with Crippen LogP contribution in [0.2, 0.25) is 0 Å². The average Bonchev–Trinajstić information content (AvgIpc) is 2.12. The van der Waals surface area contributed by atoms with Crippen LogP contribution in [0.15, 0.2) is 0 Å². The van der Waals surface area contributed by atoms with Crippen molar-refractivity contribution >= 4 is 5.97 Å². The highest BCUT2D eigenvalue weighted by Crippen LogP contribution is 2.36. The van der Waals surface area contributed by atoms with Gasteiger partial charge in [-0.05, 0) is 0 Å². The Kier molecular flexibility index (Phi) is 5.02. The summed E-state index contributed by atoms with van der Waals surface area (Å²) in [6, 6.07) is 0. The Labute approximate surface area is 96.5 Å². The van der Waals surface area contributed by atoms with E-state index in [0.717, 1.165) is 0 Å². The second kappa shape index (κ2) is 5.38. The van der Waals surface area contributed by atoms with Gasteiger partial charge in [0.05, 0.1) is 0 Å². The Balaban J connectivity index is 4.82. The van der Waals surface area contributed by atoms with E-state index in [9.17, 15) is 48.7 Å². The van der Waals surface area contributed by atoms with E-state index in [1.54, 1.807) is 0 Å². The van der Waals surface area contributed by atoms with Gasteiger partial charge in [-0.3, -0.25) is 4.89 Å². The molecular formula is C6H2F10O3. The van der Waals surface area contributed by atoms with E-state index in [1.165, 1.54) is 0 Å². The largest absolute Gasteiger partial charge is 0.427 e. The summed E-state index contributed by atoms with van der Waals surface area (Å²) in [5.74, 6) is -9.00. The molecule has 0 aliphatic heterocycles. The molecule has 0 heterocycles. The average molecular weight is 312 g/mol. The maximum absolute atomic E-state index is 12.1. The van der Waals surface area contributed by atoms with Gasteiger partial charge in [0.1, 0.15) is 0 Å². The molecule has 19 heavy (non-hydrogen) atoms. The molecule has 0 aromatic heterocycles. The summed E-state index contributed by atoms with van der Waals surface area (Å²) in [6.07, 6.45) is -21.7. The fourth-order valence-electron chi connectivity index (χ4n) is 0.531. The number of hydrogen-bond acceptors (Lipinski definition) is 3. The molecule has 0 aliphatic rings. The molecule has 0 bridgehead atoms. The van der Waals surface area contributed by atoms with Crippen LogP contribution in [0, 0.1) is 0 Å². The monoisotopic (exact) mass is 312 g/mol. The van der Waals surface area contributed by atoms with Crippen LogP contribution in [-0.4, -0.2) is 36.8 Å². The molecule has 0 aliphatic carbocycles. The molecule has 0 fully saturated rings. The number of halogens is 10. The van der Waals surface area contributed by atoms with Crippen LogP contribution in [0.25, 0.3) is 0 Å². The van der Waals surface area contributed by atoms with Crippen LogP contribution in [0.1, 0.15) is 0 Å². The number of hydrogen-bond donors (Lipinski definition) is 0. The quantitative estimate of drug-likeness (QED) is 0.455. The first-order valence-corrected chi connectivity index (χ1v) is 3.87. The van der Waals surface area contributed by atoms with Crippen LogP contribution in [0.4, 0.5) is 43.9 Å². The van der Waals surface area contributed by atoms with E-state index in [4.69, 9.17) is 0 Å². The van der Waals surface area contributed by atoms with Gasteiger partial charge >= 0.3 is 30.7 Å². The first-order valence-electron chi connectivity index (χ1n) is 3.87. The lowest BCUT2D eigenvalue weighted by atomic mass is 10.3. The Bertz CT molecular complexity index is 304. The summed E-state index contributed by atoms with van der Waals surface area (Å²) in [4.78, 5) is 15.1. The maximum Gasteiger partial charge on any atom is 0.427 e. The third kappa shape index (κ3) is 4.72. The molecule has 0 spiro atoms. The lowest BCUT2D eigenvalue weighted by molar-refractivity contribution is -0.418. The molecule has 0 N–H and O–H groups in total. The van der Waals surface area contributed by atoms with Crippen LogP contribution < -0.4 is 0 Å². The molecule has 13 heteroatoms. The van der Waals surface area contributed by atoms with Crippen molar-refractivity contribution in [3.63, 3.8) is 0 Å². The fraction of sp³-hybridized carbons (Fsp3) is 0.833. The summed E-state index contributed by atoms with van der Waals surface area (Å²) < 4.78 is 118. The van der Waals surface area contributed by atoms with Crippen molar-refractivity contribution in [2.75, 3.05) is 0 Å². The van der Waals surface area contributed by atoms with Crippen molar-refractivity contribution in [2.45, 2.75) is 30.8 Å². The number of carbonyl (C=O) groups excluding carboxylic acids is 1. The van der Waals surface area contributed by atoms with Crippen LogP contribution in [0.3, 0.4) is 0 Å². The highest BCUT2D eigenvalue weighted by atomic mass is 19.4. The van der Waals surface area contributed by atoms with Crippen LogP contribution in [-0.2, 0) is 14.6 Å². The standard InChI is InChI=1S/C6H2F10O3/c7-2(8)4(9,10)3(17)19-18-1(5(11,12)13)6(14,15)16/h1-2H. The fourth-order valence-corrected chi connectivity index (χ4v) is 0.531. The van der Waals surface area contributed by atoms with E-state index in [0.29, 0.717) is 0 Å². The second-order valence-corrected chi connectivity index (χ2v) is 2.85. The van der Waals surface area contributed by atoms with Crippen molar-refractivity contribution in [1.29, 1.82) is 0 Å². The Morgan fingerprint density at radius 2 is 1.21 bits per heavy atom. The molecule has 3 nitrogen and oxygen atoms in total. The smallest absolute Gasteiger partial charge is 0.290 e. The van der Waals surface area contributed by atoms with Crippen molar-refractivity contribution in [1.82, 2.24) is 0 Å². The zero-order valence-corrected chi connectivity index (χ0v) is 8.16. The molecule has 0 amide bonds. The molecular weight excluding hydrogens is 310 g/mol. The molecule has 0 atom stereocenters. The van der Waals surface area contributed by atoms with Gasteiger partial charge in [-0.25, -0.2) is 13.6 Å². The summed E-state index contributed by atoms with van der Waals surface area (Å²) in [5.41, 5.74) is 0. The van der Waals surface area contributed by atoms with E-state index in [-0.39, 0.29) is 0 Å². The summed E-state index contributed by atoms with van der Waals surface area (Å²) in [6.45, 7) is 0. The third-order valence-electron chi connectivity index (χ3n) is 1.36. The first-order chi connectivity index (χ1) is 8.20. The zero-order chi connectivity index (χ0) is 15.6. The molecule has 0 radical (unpaired) electrons. The van der Waals surface area contributed by atoms with Gasteiger partial charge in [0, 0.05) is 0 Å². The first kappa shape index (κ1) is 17.7. The number of carbonyl (C=O) groups is 1. The molecule has 0 saturated heterocycles. The van der Waals surface area contributed by atoms with Crippen molar-refractivity contribution in [2.24, 2.45) is 0 Å².